The third kappa shape index (κ3) is 1.95. The molecule has 1 aromatic heterocycles. The van der Waals surface area contributed by atoms with Gasteiger partial charge in [-0.15, -0.1) is 11.8 Å². The maximum Gasteiger partial charge on any atom is 0.0537 e. The van der Waals surface area contributed by atoms with Gasteiger partial charge in [-0.05, 0) is 18.6 Å². The van der Waals surface area contributed by atoms with Gasteiger partial charge >= 0.3 is 0 Å². The van der Waals surface area contributed by atoms with Gasteiger partial charge in [0, 0.05) is 40.9 Å². The van der Waals surface area contributed by atoms with Crippen molar-refractivity contribution in [3.8, 4) is 0 Å². The molecule has 2 aromatic rings. The van der Waals surface area contributed by atoms with Crippen LogP contribution in [0.15, 0.2) is 35.4 Å². The highest BCUT2D eigenvalue weighted by Gasteiger charge is 2.23. The van der Waals surface area contributed by atoms with E-state index < -0.39 is 0 Å². The van der Waals surface area contributed by atoms with Crippen molar-refractivity contribution in [2.24, 2.45) is 5.73 Å². The Labute approximate surface area is 111 Å². The van der Waals surface area contributed by atoms with E-state index in [1.807, 2.05) is 18.0 Å². The summed E-state index contributed by atoms with van der Waals surface area (Å²) in [5, 5.41) is 4.45. The van der Waals surface area contributed by atoms with Crippen LogP contribution in [-0.4, -0.2) is 15.5 Å². The zero-order valence-electron chi connectivity index (χ0n) is 10.5. The van der Waals surface area contributed by atoms with Crippen LogP contribution < -0.4 is 5.73 Å². The van der Waals surface area contributed by atoms with E-state index in [0.29, 0.717) is 12.5 Å². The van der Waals surface area contributed by atoms with Gasteiger partial charge in [0.1, 0.15) is 0 Å². The molecule has 1 atom stereocenters. The van der Waals surface area contributed by atoms with E-state index in [-0.39, 0.29) is 0 Å². The van der Waals surface area contributed by atoms with Crippen molar-refractivity contribution in [3.63, 3.8) is 0 Å². The standard InChI is InChI=1S/C14H17N3S/c1-10-11(6-15)7-16-17(10)8-12-9-18-14-5-3-2-4-13(12)14/h2-5,7,12H,6,8-9,15H2,1H3. The van der Waals surface area contributed by atoms with E-state index in [4.69, 9.17) is 5.73 Å². The van der Waals surface area contributed by atoms with Crippen LogP contribution in [0.25, 0.3) is 0 Å². The lowest BCUT2D eigenvalue weighted by molar-refractivity contribution is 0.536. The highest BCUT2D eigenvalue weighted by molar-refractivity contribution is 7.99. The lowest BCUT2D eigenvalue weighted by atomic mass is 10.0. The lowest BCUT2D eigenvalue weighted by Crippen LogP contribution is -2.12. The zero-order chi connectivity index (χ0) is 12.5. The molecular formula is C14H17N3S. The Bertz CT molecular complexity index is 562. The second-order valence-corrected chi connectivity index (χ2v) is 5.75. The molecule has 4 heteroatoms. The molecule has 2 heterocycles. The molecule has 0 aliphatic carbocycles. The minimum Gasteiger partial charge on any atom is -0.326 e. The summed E-state index contributed by atoms with van der Waals surface area (Å²) >= 11 is 1.95. The van der Waals surface area contributed by atoms with Crippen LogP contribution >= 0.6 is 11.8 Å². The number of nitrogens with two attached hydrogens (primary N) is 1. The molecule has 18 heavy (non-hydrogen) atoms. The maximum atomic E-state index is 5.69. The van der Waals surface area contributed by atoms with Gasteiger partial charge in [-0.2, -0.15) is 5.10 Å². The number of fused-ring (bicyclic) bond motifs is 1. The molecule has 0 saturated heterocycles. The fraction of sp³-hybridized carbons (Fsp3) is 0.357. The zero-order valence-corrected chi connectivity index (χ0v) is 11.3. The molecule has 1 aliphatic heterocycles. The van der Waals surface area contributed by atoms with Gasteiger partial charge < -0.3 is 5.73 Å². The number of hydrogen-bond acceptors (Lipinski definition) is 3. The van der Waals surface area contributed by atoms with Gasteiger partial charge in [-0.25, -0.2) is 0 Å². The second kappa shape index (κ2) is 4.78. The number of thioether (sulfide) groups is 1. The maximum absolute atomic E-state index is 5.69. The van der Waals surface area contributed by atoms with E-state index in [9.17, 15) is 0 Å². The van der Waals surface area contributed by atoms with Gasteiger partial charge in [-0.1, -0.05) is 18.2 Å². The first-order valence-electron chi connectivity index (χ1n) is 6.22. The van der Waals surface area contributed by atoms with Gasteiger partial charge in [0.05, 0.1) is 6.20 Å². The predicted molar refractivity (Wildman–Crippen MR) is 74.8 cm³/mol. The fourth-order valence-corrected chi connectivity index (χ4v) is 3.70. The summed E-state index contributed by atoms with van der Waals surface area (Å²) in [6.07, 6.45) is 1.89. The molecule has 2 N–H and O–H groups in total. The van der Waals surface area contributed by atoms with Crippen LogP contribution in [-0.2, 0) is 13.1 Å². The Morgan fingerprint density at radius 1 is 1.44 bits per heavy atom. The SMILES string of the molecule is Cc1c(CN)cnn1CC1CSc2ccccc21. The minimum atomic E-state index is 0.565. The van der Waals surface area contributed by atoms with Crippen molar-refractivity contribution in [3.05, 3.63) is 47.3 Å². The van der Waals surface area contributed by atoms with E-state index in [1.165, 1.54) is 16.2 Å². The average Bonchev–Trinajstić information content (AvgIpc) is 2.96. The van der Waals surface area contributed by atoms with Crippen molar-refractivity contribution >= 4 is 11.8 Å². The monoisotopic (exact) mass is 259 g/mol. The molecule has 1 aromatic carbocycles. The predicted octanol–water partition coefficient (Wildman–Crippen LogP) is 2.54. The molecule has 3 rings (SSSR count). The highest BCUT2D eigenvalue weighted by Crippen LogP contribution is 2.40. The molecule has 0 spiro atoms. The molecule has 0 radical (unpaired) electrons. The van der Waals surface area contributed by atoms with Crippen molar-refractivity contribution in [2.45, 2.75) is 30.8 Å². The second-order valence-electron chi connectivity index (χ2n) is 4.69. The summed E-state index contributed by atoms with van der Waals surface area (Å²) in [5.74, 6) is 1.71. The van der Waals surface area contributed by atoms with E-state index >= 15 is 0 Å². The van der Waals surface area contributed by atoms with Crippen molar-refractivity contribution in [1.29, 1.82) is 0 Å². The van der Waals surface area contributed by atoms with E-state index in [2.05, 4.69) is 41.0 Å². The number of benzene rings is 1. The third-order valence-corrected chi connectivity index (χ3v) is 4.87. The quantitative estimate of drug-likeness (QED) is 0.921. The van der Waals surface area contributed by atoms with Gasteiger partial charge in [-0.3, -0.25) is 4.68 Å². The lowest BCUT2D eigenvalue weighted by Gasteiger charge is -2.12. The van der Waals surface area contributed by atoms with Crippen molar-refractivity contribution < 1.29 is 0 Å². The first-order valence-corrected chi connectivity index (χ1v) is 7.21. The molecule has 1 unspecified atom stereocenters. The Morgan fingerprint density at radius 3 is 3.06 bits per heavy atom. The summed E-state index contributed by atoms with van der Waals surface area (Å²) in [6.45, 7) is 3.63. The summed E-state index contributed by atoms with van der Waals surface area (Å²) in [5.41, 5.74) is 9.50. The van der Waals surface area contributed by atoms with Gasteiger partial charge in [0.15, 0.2) is 0 Å². The third-order valence-electron chi connectivity index (χ3n) is 3.62. The topological polar surface area (TPSA) is 43.8 Å². The Kier molecular flexibility index (Phi) is 3.14. The Balaban J connectivity index is 1.84. The first kappa shape index (κ1) is 11.8. The van der Waals surface area contributed by atoms with Crippen LogP contribution in [0.1, 0.15) is 22.7 Å². The molecule has 1 aliphatic rings. The Morgan fingerprint density at radius 2 is 2.28 bits per heavy atom. The molecule has 0 saturated carbocycles. The first-order chi connectivity index (χ1) is 8.79. The number of nitrogens with zero attached hydrogens (tertiary/aromatic N) is 2. The van der Waals surface area contributed by atoms with Crippen LogP contribution in [0.5, 0.6) is 0 Å². The van der Waals surface area contributed by atoms with Gasteiger partial charge in [0.2, 0.25) is 0 Å². The fourth-order valence-electron chi connectivity index (χ4n) is 2.46. The number of aromatic nitrogens is 2. The van der Waals surface area contributed by atoms with Crippen LogP contribution in [0.4, 0.5) is 0 Å². The Hall–Kier alpha value is -1.26. The van der Waals surface area contributed by atoms with Crippen molar-refractivity contribution in [2.75, 3.05) is 5.75 Å². The largest absolute Gasteiger partial charge is 0.326 e. The molecule has 94 valence electrons. The molecule has 0 bridgehead atoms. The highest BCUT2D eigenvalue weighted by atomic mass is 32.2. The summed E-state index contributed by atoms with van der Waals surface area (Å²) in [6, 6.07) is 8.68. The van der Waals surface area contributed by atoms with Crippen LogP contribution in [0.3, 0.4) is 0 Å². The molecule has 0 fully saturated rings. The molecule has 0 amide bonds. The van der Waals surface area contributed by atoms with Crippen molar-refractivity contribution in [1.82, 2.24) is 9.78 Å². The number of hydrogen-bond donors (Lipinski definition) is 1. The summed E-state index contributed by atoms with van der Waals surface area (Å²) in [4.78, 5) is 1.42. The van der Waals surface area contributed by atoms with Crippen LogP contribution in [0, 0.1) is 6.92 Å². The number of rotatable bonds is 3. The minimum absolute atomic E-state index is 0.565. The van der Waals surface area contributed by atoms with Crippen LogP contribution in [0.2, 0.25) is 0 Å². The smallest absolute Gasteiger partial charge is 0.0537 e. The summed E-state index contributed by atoms with van der Waals surface area (Å²) < 4.78 is 2.09. The normalized spacial score (nSPS) is 18.0. The van der Waals surface area contributed by atoms with E-state index in [0.717, 1.165) is 17.9 Å². The molecule has 3 nitrogen and oxygen atoms in total. The van der Waals surface area contributed by atoms with E-state index in [1.54, 1.807) is 0 Å². The molecular weight excluding hydrogens is 242 g/mol. The summed E-state index contributed by atoms with van der Waals surface area (Å²) in [7, 11) is 0. The van der Waals surface area contributed by atoms with Gasteiger partial charge in [0.25, 0.3) is 0 Å². The average molecular weight is 259 g/mol.